The highest BCUT2D eigenvalue weighted by molar-refractivity contribution is 5.90. The van der Waals surface area contributed by atoms with Crippen molar-refractivity contribution in [2.45, 2.75) is 20.5 Å². The number of primary amides is 1. The summed E-state index contributed by atoms with van der Waals surface area (Å²) in [6.07, 6.45) is 3.30. The van der Waals surface area contributed by atoms with Crippen LogP contribution in [0.4, 0.5) is 11.6 Å². The zero-order chi connectivity index (χ0) is 21.1. The molecule has 30 heavy (non-hydrogen) atoms. The molecule has 0 aliphatic heterocycles. The fourth-order valence-corrected chi connectivity index (χ4v) is 2.98. The van der Waals surface area contributed by atoms with Crippen molar-refractivity contribution < 1.29 is 9.53 Å². The van der Waals surface area contributed by atoms with Crippen LogP contribution in [0.2, 0.25) is 0 Å². The molecular weight excluding hydrogens is 378 g/mol. The van der Waals surface area contributed by atoms with E-state index in [0.717, 1.165) is 22.2 Å². The van der Waals surface area contributed by atoms with Crippen LogP contribution in [0.5, 0.6) is 5.75 Å². The van der Waals surface area contributed by atoms with Gasteiger partial charge in [0.05, 0.1) is 5.52 Å². The Bertz CT molecular complexity index is 1240. The molecule has 4 aromatic rings. The summed E-state index contributed by atoms with van der Waals surface area (Å²) in [4.78, 5) is 24.2. The topological polar surface area (TPSA) is 103 Å². The Morgan fingerprint density at radius 3 is 2.70 bits per heavy atom. The van der Waals surface area contributed by atoms with Crippen molar-refractivity contribution in [3.05, 3.63) is 83.3 Å². The molecule has 7 nitrogen and oxygen atoms in total. The molecule has 3 N–H and O–H groups in total. The van der Waals surface area contributed by atoms with Gasteiger partial charge >= 0.3 is 0 Å². The second-order valence-corrected chi connectivity index (χ2v) is 7.04. The van der Waals surface area contributed by atoms with Crippen molar-refractivity contribution in [1.82, 2.24) is 15.0 Å². The van der Waals surface area contributed by atoms with E-state index in [4.69, 9.17) is 10.5 Å². The smallest absolute Gasteiger partial charge is 0.267 e. The van der Waals surface area contributed by atoms with Gasteiger partial charge in [-0.1, -0.05) is 6.07 Å². The summed E-state index contributed by atoms with van der Waals surface area (Å²) in [5.41, 5.74) is 10.5. The summed E-state index contributed by atoms with van der Waals surface area (Å²) in [6.45, 7) is 4.45. The van der Waals surface area contributed by atoms with Crippen molar-refractivity contribution in [3.63, 3.8) is 0 Å². The van der Waals surface area contributed by atoms with Crippen LogP contribution in [0, 0.1) is 13.8 Å². The fourth-order valence-electron chi connectivity index (χ4n) is 2.98. The molecule has 0 unspecified atom stereocenters. The quantitative estimate of drug-likeness (QED) is 0.507. The molecule has 0 saturated heterocycles. The van der Waals surface area contributed by atoms with Gasteiger partial charge in [0.1, 0.15) is 18.1 Å². The molecule has 7 heteroatoms. The van der Waals surface area contributed by atoms with Gasteiger partial charge in [0.25, 0.3) is 5.91 Å². The maximum atomic E-state index is 11.2. The molecule has 0 aliphatic carbocycles. The van der Waals surface area contributed by atoms with Crippen LogP contribution < -0.4 is 15.8 Å². The first-order valence-corrected chi connectivity index (χ1v) is 9.46. The van der Waals surface area contributed by atoms with E-state index in [1.165, 1.54) is 17.3 Å². The molecule has 0 spiro atoms. The molecule has 2 heterocycles. The molecule has 0 saturated carbocycles. The Morgan fingerprint density at radius 1 is 1.03 bits per heavy atom. The number of rotatable bonds is 6. The number of nitrogens with one attached hydrogen (secondary N) is 1. The number of amides is 1. The highest BCUT2D eigenvalue weighted by Gasteiger charge is 2.06. The third-order valence-corrected chi connectivity index (χ3v) is 4.80. The van der Waals surface area contributed by atoms with E-state index in [1.807, 2.05) is 24.3 Å². The monoisotopic (exact) mass is 399 g/mol. The van der Waals surface area contributed by atoms with Gasteiger partial charge in [-0.15, -0.1) is 0 Å². The van der Waals surface area contributed by atoms with E-state index >= 15 is 0 Å². The minimum Gasteiger partial charge on any atom is -0.489 e. The number of carbonyl (C=O) groups excluding carboxylic acids is 1. The predicted octanol–water partition coefficient (Wildman–Crippen LogP) is 4.06. The first kappa shape index (κ1) is 19.3. The van der Waals surface area contributed by atoms with Crippen LogP contribution in [0.25, 0.3) is 10.9 Å². The number of nitrogens with zero attached hydrogens (tertiary/aromatic N) is 3. The Balaban J connectivity index is 1.48. The van der Waals surface area contributed by atoms with Crippen LogP contribution in [-0.4, -0.2) is 20.9 Å². The summed E-state index contributed by atoms with van der Waals surface area (Å²) < 4.78 is 5.83. The fraction of sp³-hybridized carbons (Fsp3) is 0.130. The van der Waals surface area contributed by atoms with Gasteiger partial charge in [0.15, 0.2) is 0 Å². The zero-order valence-electron chi connectivity index (χ0n) is 16.7. The van der Waals surface area contributed by atoms with Gasteiger partial charge in [-0.2, -0.15) is 0 Å². The summed E-state index contributed by atoms with van der Waals surface area (Å²) >= 11 is 0. The first-order chi connectivity index (χ1) is 14.5. The lowest BCUT2D eigenvalue weighted by Crippen LogP contribution is -2.13. The Hall–Kier alpha value is -4.00. The van der Waals surface area contributed by atoms with Crippen LogP contribution in [-0.2, 0) is 6.61 Å². The minimum atomic E-state index is -0.565. The number of ether oxygens (including phenoxy) is 1. The van der Waals surface area contributed by atoms with Gasteiger partial charge in [-0.25, -0.2) is 9.97 Å². The van der Waals surface area contributed by atoms with E-state index < -0.39 is 5.91 Å². The molecule has 0 aliphatic rings. The molecule has 2 aromatic heterocycles. The van der Waals surface area contributed by atoms with Gasteiger partial charge in [-0.3, -0.25) is 9.78 Å². The summed E-state index contributed by atoms with van der Waals surface area (Å²) in [6, 6.07) is 15.2. The maximum Gasteiger partial charge on any atom is 0.267 e. The molecule has 1 amide bonds. The number of aryl methyl sites for hydroxylation is 2. The van der Waals surface area contributed by atoms with E-state index in [9.17, 15) is 4.79 Å². The maximum absolute atomic E-state index is 11.2. The Labute approximate surface area is 174 Å². The summed E-state index contributed by atoms with van der Waals surface area (Å²) in [5, 5.41) is 4.11. The average molecular weight is 399 g/mol. The molecule has 0 atom stereocenters. The summed E-state index contributed by atoms with van der Waals surface area (Å²) in [7, 11) is 0. The lowest BCUT2D eigenvalue weighted by atomic mass is 10.1. The number of fused-ring (bicyclic) bond motifs is 1. The SMILES string of the molecule is Cc1ccc(Nc2ncc3cc(OCc4ccnc(C(N)=O)c4)ccc3n2)cc1C. The Morgan fingerprint density at radius 2 is 1.90 bits per heavy atom. The number of carbonyl (C=O) groups is 1. The number of nitrogens with two attached hydrogens (primary N) is 1. The second kappa shape index (κ2) is 8.16. The highest BCUT2D eigenvalue weighted by Crippen LogP contribution is 2.23. The number of hydrogen-bond acceptors (Lipinski definition) is 6. The zero-order valence-corrected chi connectivity index (χ0v) is 16.7. The van der Waals surface area contributed by atoms with Crippen molar-refractivity contribution in [1.29, 1.82) is 0 Å². The number of anilines is 2. The molecule has 0 radical (unpaired) electrons. The van der Waals surface area contributed by atoms with Gasteiger partial charge < -0.3 is 15.8 Å². The number of hydrogen-bond donors (Lipinski definition) is 2. The predicted molar refractivity (Wildman–Crippen MR) is 116 cm³/mol. The lowest BCUT2D eigenvalue weighted by Gasteiger charge is -2.10. The molecule has 2 aromatic carbocycles. The van der Waals surface area contributed by atoms with Gasteiger partial charge in [0.2, 0.25) is 5.95 Å². The lowest BCUT2D eigenvalue weighted by molar-refractivity contribution is 0.0995. The van der Waals surface area contributed by atoms with Crippen molar-refractivity contribution in [2.24, 2.45) is 5.73 Å². The standard InChI is InChI=1S/C23H21N5O2/c1-14-3-4-18(9-15(14)2)27-23-26-12-17-11-19(5-6-20(17)28-23)30-13-16-7-8-25-21(10-16)22(24)29/h3-12H,13H2,1-2H3,(H2,24,29)(H,26,27,28). The molecule has 4 rings (SSSR count). The number of aromatic nitrogens is 3. The summed E-state index contributed by atoms with van der Waals surface area (Å²) in [5.74, 6) is 0.651. The third kappa shape index (κ3) is 4.35. The van der Waals surface area contributed by atoms with E-state index in [-0.39, 0.29) is 5.69 Å². The van der Waals surface area contributed by atoms with E-state index in [0.29, 0.717) is 18.3 Å². The van der Waals surface area contributed by atoms with Crippen LogP contribution in [0.15, 0.2) is 60.9 Å². The minimum absolute atomic E-state index is 0.215. The van der Waals surface area contributed by atoms with Crippen LogP contribution in [0.3, 0.4) is 0 Å². The van der Waals surface area contributed by atoms with Gasteiger partial charge in [0, 0.05) is 23.5 Å². The van der Waals surface area contributed by atoms with Crippen molar-refractivity contribution >= 4 is 28.4 Å². The average Bonchev–Trinajstić information content (AvgIpc) is 2.75. The van der Waals surface area contributed by atoms with Crippen LogP contribution in [0.1, 0.15) is 27.2 Å². The third-order valence-electron chi connectivity index (χ3n) is 4.80. The molecular formula is C23H21N5O2. The highest BCUT2D eigenvalue weighted by atomic mass is 16.5. The first-order valence-electron chi connectivity index (χ1n) is 9.46. The molecule has 0 bridgehead atoms. The van der Waals surface area contributed by atoms with Crippen molar-refractivity contribution in [2.75, 3.05) is 5.32 Å². The molecule has 150 valence electrons. The van der Waals surface area contributed by atoms with E-state index in [2.05, 4.69) is 46.2 Å². The van der Waals surface area contributed by atoms with Gasteiger partial charge in [-0.05, 0) is 73.0 Å². The molecule has 0 fully saturated rings. The Kier molecular flexibility index (Phi) is 5.26. The van der Waals surface area contributed by atoms with Crippen LogP contribution >= 0.6 is 0 Å². The second-order valence-electron chi connectivity index (χ2n) is 7.04. The van der Waals surface area contributed by atoms with Crippen molar-refractivity contribution in [3.8, 4) is 5.75 Å². The van der Waals surface area contributed by atoms with E-state index in [1.54, 1.807) is 18.3 Å². The largest absolute Gasteiger partial charge is 0.489 e. The number of pyridine rings is 1. The number of benzene rings is 2. The normalized spacial score (nSPS) is 10.7.